The first-order valence-electron chi connectivity index (χ1n) is 4.55. The highest BCUT2D eigenvalue weighted by atomic mass is 16.1. The molecule has 0 aliphatic rings. The van der Waals surface area contributed by atoms with Crippen molar-refractivity contribution in [2.24, 2.45) is 7.05 Å². The van der Waals surface area contributed by atoms with Gasteiger partial charge in [0.2, 0.25) is 0 Å². The predicted octanol–water partition coefficient (Wildman–Crippen LogP) is 1.000. The number of nitriles is 1. The van der Waals surface area contributed by atoms with E-state index in [-0.39, 0.29) is 12.0 Å². The maximum Gasteiger partial charge on any atom is 0.261 e. The fourth-order valence-corrected chi connectivity index (χ4v) is 1.49. The van der Waals surface area contributed by atoms with Crippen molar-refractivity contribution in [1.29, 1.82) is 5.26 Å². The molecule has 0 fully saturated rings. The van der Waals surface area contributed by atoms with E-state index in [4.69, 9.17) is 5.26 Å². The van der Waals surface area contributed by atoms with Crippen molar-refractivity contribution in [3.63, 3.8) is 0 Å². The molecule has 0 unspecified atom stereocenters. The summed E-state index contributed by atoms with van der Waals surface area (Å²) in [6.45, 7) is 0. The molecule has 0 bridgehead atoms. The first kappa shape index (κ1) is 9.41. The van der Waals surface area contributed by atoms with Gasteiger partial charge < -0.3 is 0 Å². The normalized spacial score (nSPS) is 10.1. The van der Waals surface area contributed by atoms with Gasteiger partial charge in [0.05, 0.1) is 23.4 Å². The highest BCUT2D eigenvalue weighted by molar-refractivity contribution is 5.77. The second-order valence-corrected chi connectivity index (χ2v) is 3.24. The summed E-state index contributed by atoms with van der Waals surface area (Å²) in [6.07, 6.45) is 0.149. The molecule has 0 amide bonds. The van der Waals surface area contributed by atoms with E-state index < -0.39 is 0 Å². The summed E-state index contributed by atoms with van der Waals surface area (Å²) in [5.74, 6) is 0.501. The molecule has 1 aromatic heterocycles. The Balaban J connectivity index is 2.84. The van der Waals surface area contributed by atoms with E-state index in [1.54, 1.807) is 25.2 Å². The molecule has 74 valence electrons. The topological polar surface area (TPSA) is 58.7 Å². The Morgan fingerprint density at radius 2 is 2.20 bits per heavy atom. The van der Waals surface area contributed by atoms with Crippen LogP contribution in [0.3, 0.4) is 0 Å². The lowest BCUT2D eigenvalue weighted by Gasteiger charge is -2.05. The van der Waals surface area contributed by atoms with Gasteiger partial charge in [0, 0.05) is 7.05 Å². The third kappa shape index (κ3) is 1.48. The van der Waals surface area contributed by atoms with Gasteiger partial charge in [-0.25, -0.2) is 4.98 Å². The van der Waals surface area contributed by atoms with Crippen LogP contribution < -0.4 is 5.56 Å². The van der Waals surface area contributed by atoms with Gasteiger partial charge in [-0.15, -0.1) is 0 Å². The third-order valence-corrected chi connectivity index (χ3v) is 2.31. The lowest BCUT2D eigenvalue weighted by molar-refractivity contribution is 0.772. The Bertz CT molecular complexity index is 607. The lowest BCUT2D eigenvalue weighted by Crippen LogP contribution is -2.22. The zero-order valence-corrected chi connectivity index (χ0v) is 8.27. The average Bonchev–Trinajstić information content (AvgIpc) is 2.26. The van der Waals surface area contributed by atoms with E-state index in [0.29, 0.717) is 16.7 Å². The molecule has 0 aliphatic heterocycles. The summed E-state index contributed by atoms with van der Waals surface area (Å²) >= 11 is 0. The molecule has 4 nitrogen and oxygen atoms in total. The van der Waals surface area contributed by atoms with Crippen LogP contribution in [-0.2, 0) is 13.5 Å². The number of hydrogen-bond acceptors (Lipinski definition) is 3. The summed E-state index contributed by atoms with van der Waals surface area (Å²) in [4.78, 5) is 16.1. The van der Waals surface area contributed by atoms with Crippen LogP contribution in [0.5, 0.6) is 0 Å². The Morgan fingerprint density at radius 1 is 1.47 bits per heavy atom. The van der Waals surface area contributed by atoms with Crippen LogP contribution in [0.4, 0.5) is 0 Å². The van der Waals surface area contributed by atoms with Gasteiger partial charge in [0.1, 0.15) is 5.82 Å². The van der Waals surface area contributed by atoms with E-state index in [0.717, 1.165) is 0 Å². The molecule has 0 saturated carbocycles. The molecule has 0 atom stereocenters. The molecule has 2 aromatic rings. The van der Waals surface area contributed by atoms with Gasteiger partial charge in [-0.2, -0.15) is 5.26 Å². The number of fused-ring (bicyclic) bond motifs is 1. The van der Waals surface area contributed by atoms with Crippen molar-refractivity contribution in [3.05, 3.63) is 40.4 Å². The fraction of sp³-hybridized carbons (Fsp3) is 0.182. The SMILES string of the molecule is Cn1c(CC#N)nc2ccccc2c1=O. The van der Waals surface area contributed by atoms with Crippen molar-refractivity contribution < 1.29 is 0 Å². The predicted molar refractivity (Wildman–Crippen MR) is 56.3 cm³/mol. The molecule has 0 N–H and O–H groups in total. The number of rotatable bonds is 1. The van der Waals surface area contributed by atoms with Gasteiger partial charge in [0.15, 0.2) is 0 Å². The Morgan fingerprint density at radius 3 is 2.93 bits per heavy atom. The zero-order chi connectivity index (χ0) is 10.8. The van der Waals surface area contributed by atoms with E-state index in [1.165, 1.54) is 4.57 Å². The quantitative estimate of drug-likeness (QED) is 0.688. The zero-order valence-electron chi connectivity index (χ0n) is 8.27. The molecule has 2 rings (SSSR count). The van der Waals surface area contributed by atoms with Crippen LogP contribution >= 0.6 is 0 Å². The lowest BCUT2D eigenvalue weighted by atomic mass is 10.2. The maximum absolute atomic E-state index is 11.8. The fourth-order valence-electron chi connectivity index (χ4n) is 1.49. The minimum absolute atomic E-state index is 0.106. The summed E-state index contributed by atoms with van der Waals surface area (Å²) in [5.41, 5.74) is 0.539. The second kappa shape index (κ2) is 3.54. The third-order valence-electron chi connectivity index (χ3n) is 2.31. The molecule has 0 radical (unpaired) electrons. The maximum atomic E-state index is 11.8. The van der Waals surface area contributed by atoms with Crippen LogP contribution in [0, 0.1) is 11.3 Å². The molecule has 1 aromatic carbocycles. The van der Waals surface area contributed by atoms with Crippen LogP contribution in [-0.4, -0.2) is 9.55 Å². The molecule has 4 heteroatoms. The second-order valence-electron chi connectivity index (χ2n) is 3.24. The summed E-state index contributed by atoms with van der Waals surface area (Å²) in [5, 5.41) is 9.19. The molecular formula is C11H9N3O. The molecular weight excluding hydrogens is 190 g/mol. The monoisotopic (exact) mass is 199 g/mol. The molecule has 0 aliphatic carbocycles. The average molecular weight is 199 g/mol. The highest BCUT2D eigenvalue weighted by Gasteiger charge is 2.06. The van der Waals surface area contributed by atoms with E-state index in [9.17, 15) is 4.79 Å². The standard InChI is InChI=1S/C11H9N3O/c1-14-10(6-7-12)13-9-5-3-2-4-8(9)11(14)15/h2-5H,6H2,1H3. The number of para-hydroxylation sites is 1. The Kier molecular flexibility index (Phi) is 2.22. The number of aromatic nitrogens is 2. The van der Waals surface area contributed by atoms with Crippen molar-refractivity contribution in [1.82, 2.24) is 9.55 Å². The molecule has 0 spiro atoms. The van der Waals surface area contributed by atoms with Crippen molar-refractivity contribution >= 4 is 10.9 Å². The van der Waals surface area contributed by atoms with Crippen LogP contribution in [0.2, 0.25) is 0 Å². The Hall–Kier alpha value is -2.15. The van der Waals surface area contributed by atoms with E-state index in [2.05, 4.69) is 4.98 Å². The van der Waals surface area contributed by atoms with Gasteiger partial charge in [0.25, 0.3) is 5.56 Å². The number of nitrogens with zero attached hydrogens (tertiary/aromatic N) is 3. The van der Waals surface area contributed by atoms with Gasteiger partial charge in [-0.05, 0) is 12.1 Å². The van der Waals surface area contributed by atoms with Crippen molar-refractivity contribution in [3.8, 4) is 6.07 Å². The van der Waals surface area contributed by atoms with Gasteiger partial charge >= 0.3 is 0 Å². The number of benzene rings is 1. The highest BCUT2D eigenvalue weighted by Crippen LogP contribution is 2.06. The molecule has 15 heavy (non-hydrogen) atoms. The van der Waals surface area contributed by atoms with E-state index in [1.807, 2.05) is 12.1 Å². The number of hydrogen-bond donors (Lipinski definition) is 0. The van der Waals surface area contributed by atoms with Crippen LogP contribution in [0.15, 0.2) is 29.1 Å². The first-order chi connectivity index (χ1) is 7.24. The van der Waals surface area contributed by atoms with Crippen LogP contribution in [0.25, 0.3) is 10.9 Å². The van der Waals surface area contributed by atoms with Crippen molar-refractivity contribution in [2.75, 3.05) is 0 Å². The molecule has 0 saturated heterocycles. The minimum atomic E-state index is -0.106. The van der Waals surface area contributed by atoms with Crippen LogP contribution in [0.1, 0.15) is 5.82 Å². The Labute approximate surface area is 86.4 Å². The van der Waals surface area contributed by atoms with Crippen molar-refractivity contribution in [2.45, 2.75) is 6.42 Å². The summed E-state index contributed by atoms with van der Waals surface area (Å²) < 4.78 is 1.42. The first-order valence-corrected chi connectivity index (χ1v) is 4.55. The summed E-state index contributed by atoms with van der Waals surface area (Å²) in [6, 6.07) is 9.13. The van der Waals surface area contributed by atoms with Gasteiger partial charge in [-0.1, -0.05) is 12.1 Å². The van der Waals surface area contributed by atoms with Gasteiger partial charge in [-0.3, -0.25) is 9.36 Å². The largest absolute Gasteiger partial charge is 0.298 e. The molecule has 1 heterocycles. The summed E-state index contributed by atoms with van der Waals surface area (Å²) in [7, 11) is 1.63. The minimum Gasteiger partial charge on any atom is -0.298 e. The van der Waals surface area contributed by atoms with E-state index >= 15 is 0 Å². The smallest absolute Gasteiger partial charge is 0.261 e.